The van der Waals surface area contributed by atoms with Crippen LogP contribution in [0.5, 0.6) is 0 Å². The van der Waals surface area contributed by atoms with Gasteiger partial charge in [-0.1, -0.05) is 47.0 Å². The molecule has 0 aromatic rings. The third-order valence-corrected chi connectivity index (χ3v) is 5.23. The second-order valence-electron chi connectivity index (χ2n) is 6.19. The maximum absolute atomic E-state index is 11.6. The number of unbranched alkanes of at least 4 members (excludes halogenated alkanes) is 1. The van der Waals surface area contributed by atoms with Crippen molar-refractivity contribution in [3.63, 3.8) is 0 Å². The maximum Gasteiger partial charge on any atom is 0.309 e. The van der Waals surface area contributed by atoms with Crippen LogP contribution < -0.4 is 0 Å². The van der Waals surface area contributed by atoms with Gasteiger partial charge in [0.2, 0.25) is 0 Å². The summed E-state index contributed by atoms with van der Waals surface area (Å²) in [4.78, 5) is 23.0. The van der Waals surface area contributed by atoms with E-state index in [1.807, 2.05) is 27.7 Å². The van der Waals surface area contributed by atoms with Crippen molar-refractivity contribution in [3.8, 4) is 0 Å². The van der Waals surface area contributed by atoms with Crippen LogP contribution in [0.1, 0.15) is 85.5 Å². The van der Waals surface area contributed by atoms with Gasteiger partial charge in [0.15, 0.2) is 0 Å². The smallest absolute Gasteiger partial charge is 0.309 e. The molecule has 1 unspecified atom stereocenters. The van der Waals surface area contributed by atoms with E-state index in [1.165, 1.54) is 0 Å². The second kappa shape index (κ2) is 9.06. The first-order chi connectivity index (χ1) is 9.84. The summed E-state index contributed by atoms with van der Waals surface area (Å²) in [5, 5.41) is 18.9. The fourth-order valence-electron chi connectivity index (χ4n) is 3.26. The zero-order valence-electron chi connectivity index (χ0n) is 14.1. The van der Waals surface area contributed by atoms with Crippen molar-refractivity contribution in [2.24, 2.45) is 10.8 Å². The summed E-state index contributed by atoms with van der Waals surface area (Å²) in [5.74, 6) is -1.43. The lowest BCUT2D eigenvalue weighted by molar-refractivity contribution is -0.152. The number of hydrogen-bond donors (Lipinski definition) is 2. The lowest BCUT2D eigenvalue weighted by atomic mass is 9.74. The quantitative estimate of drug-likeness (QED) is 0.511. The molecule has 0 aliphatic rings. The van der Waals surface area contributed by atoms with Crippen LogP contribution in [-0.4, -0.2) is 22.2 Å². The molecule has 0 aromatic carbocycles. The number of carboxylic acids is 2. The molecular weight excluding hydrogens is 268 g/mol. The minimum Gasteiger partial charge on any atom is -0.481 e. The highest BCUT2D eigenvalue weighted by atomic mass is 16.4. The highest BCUT2D eigenvalue weighted by Crippen LogP contribution is 2.37. The fourth-order valence-corrected chi connectivity index (χ4v) is 3.26. The first kappa shape index (κ1) is 19.9. The van der Waals surface area contributed by atoms with Crippen LogP contribution in [0.3, 0.4) is 0 Å². The zero-order valence-corrected chi connectivity index (χ0v) is 14.1. The predicted octanol–water partition coefficient (Wildman–Crippen LogP) is 4.72. The van der Waals surface area contributed by atoms with Crippen LogP contribution in [0.2, 0.25) is 0 Å². The van der Waals surface area contributed by atoms with E-state index in [-0.39, 0.29) is 0 Å². The third-order valence-electron chi connectivity index (χ3n) is 5.23. The molecule has 0 spiro atoms. The Hall–Kier alpha value is -1.06. The molecule has 0 rings (SSSR count). The number of carbonyl (C=O) groups is 2. The van der Waals surface area contributed by atoms with Gasteiger partial charge in [0.25, 0.3) is 0 Å². The van der Waals surface area contributed by atoms with Gasteiger partial charge in [-0.15, -0.1) is 0 Å². The molecule has 0 heterocycles. The molecule has 0 fully saturated rings. The molecule has 0 aliphatic carbocycles. The molecule has 0 saturated heterocycles. The van der Waals surface area contributed by atoms with E-state index >= 15 is 0 Å². The number of rotatable bonds is 12. The summed E-state index contributed by atoms with van der Waals surface area (Å²) >= 11 is 0. The van der Waals surface area contributed by atoms with Gasteiger partial charge in [-0.3, -0.25) is 9.59 Å². The van der Waals surface area contributed by atoms with Crippen LogP contribution in [0.4, 0.5) is 0 Å². The van der Waals surface area contributed by atoms with Crippen LogP contribution in [-0.2, 0) is 9.59 Å². The molecule has 0 bridgehead atoms. The van der Waals surface area contributed by atoms with Gasteiger partial charge in [-0.05, 0) is 38.5 Å². The minimum absolute atomic E-state index is 0.626. The SMILES string of the molecule is CCCC(CC)(CCCCC(CC)(CC)C(=O)O)C(=O)O. The molecule has 4 heteroatoms. The summed E-state index contributed by atoms with van der Waals surface area (Å²) in [7, 11) is 0. The van der Waals surface area contributed by atoms with Gasteiger partial charge < -0.3 is 10.2 Å². The molecule has 0 aliphatic heterocycles. The monoisotopic (exact) mass is 300 g/mol. The summed E-state index contributed by atoms with van der Waals surface area (Å²) in [6.45, 7) is 7.78. The number of hydrogen-bond acceptors (Lipinski definition) is 2. The third kappa shape index (κ3) is 5.01. The van der Waals surface area contributed by atoms with E-state index in [0.29, 0.717) is 38.5 Å². The van der Waals surface area contributed by atoms with Crippen LogP contribution >= 0.6 is 0 Å². The van der Waals surface area contributed by atoms with Crippen LogP contribution in [0.15, 0.2) is 0 Å². The van der Waals surface area contributed by atoms with Crippen LogP contribution in [0, 0.1) is 10.8 Å². The van der Waals surface area contributed by atoms with Crippen molar-refractivity contribution in [1.82, 2.24) is 0 Å². The van der Waals surface area contributed by atoms with Gasteiger partial charge in [-0.25, -0.2) is 0 Å². The number of aliphatic carboxylic acids is 2. The molecule has 0 amide bonds. The normalized spacial score (nSPS) is 14.7. The van der Waals surface area contributed by atoms with E-state index in [1.54, 1.807) is 0 Å². The highest BCUT2D eigenvalue weighted by molar-refractivity contribution is 5.75. The molecular formula is C17H32O4. The van der Waals surface area contributed by atoms with Gasteiger partial charge in [0, 0.05) is 0 Å². The lowest BCUT2D eigenvalue weighted by Crippen LogP contribution is -2.31. The van der Waals surface area contributed by atoms with Crippen LogP contribution in [0.25, 0.3) is 0 Å². The first-order valence-corrected chi connectivity index (χ1v) is 8.31. The molecule has 21 heavy (non-hydrogen) atoms. The summed E-state index contributed by atoms with van der Waals surface area (Å²) in [5.41, 5.74) is -1.26. The average Bonchev–Trinajstić information content (AvgIpc) is 2.46. The molecule has 2 N–H and O–H groups in total. The molecule has 0 saturated carbocycles. The van der Waals surface area contributed by atoms with Gasteiger partial charge in [0.05, 0.1) is 10.8 Å². The van der Waals surface area contributed by atoms with Gasteiger partial charge in [0.1, 0.15) is 0 Å². The lowest BCUT2D eigenvalue weighted by Gasteiger charge is -2.30. The van der Waals surface area contributed by atoms with Crippen molar-refractivity contribution in [1.29, 1.82) is 0 Å². The van der Waals surface area contributed by atoms with Crippen molar-refractivity contribution >= 4 is 11.9 Å². The van der Waals surface area contributed by atoms with E-state index in [4.69, 9.17) is 0 Å². The van der Waals surface area contributed by atoms with Gasteiger partial charge >= 0.3 is 11.9 Å². The van der Waals surface area contributed by atoms with Crippen molar-refractivity contribution in [2.45, 2.75) is 85.5 Å². The zero-order chi connectivity index (χ0) is 16.5. The fraction of sp³-hybridized carbons (Fsp3) is 0.882. The Labute approximate surface area is 128 Å². The van der Waals surface area contributed by atoms with Gasteiger partial charge in [-0.2, -0.15) is 0 Å². The largest absolute Gasteiger partial charge is 0.481 e. The maximum atomic E-state index is 11.6. The van der Waals surface area contributed by atoms with Crippen molar-refractivity contribution < 1.29 is 19.8 Å². The Morgan fingerprint density at radius 2 is 1.10 bits per heavy atom. The first-order valence-electron chi connectivity index (χ1n) is 8.31. The summed E-state index contributed by atoms with van der Waals surface area (Å²) < 4.78 is 0. The average molecular weight is 300 g/mol. The molecule has 0 aromatic heterocycles. The van der Waals surface area contributed by atoms with Crippen molar-refractivity contribution in [3.05, 3.63) is 0 Å². The summed E-state index contributed by atoms with van der Waals surface area (Å²) in [6, 6.07) is 0. The molecule has 1 atom stereocenters. The Balaban J connectivity index is 4.58. The van der Waals surface area contributed by atoms with E-state index in [0.717, 1.165) is 19.3 Å². The molecule has 124 valence electrons. The summed E-state index contributed by atoms with van der Waals surface area (Å²) in [6.07, 6.45) is 6.32. The predicted molar refractivity (Wildman–Crippen MR) is 84.4 cm³/mol. The number of carboxylic acid groups (broad SMARTS) is 2. The highest BCUT2D eigenvalue weighted by Gasteiger charge is 2.37. The Morgan fingerprint density at radius 3 is 1.38 bits per heavy atom. The topological polar surface area (TPSA) is 74.6 Å². The Bertz CT molecular complexity index is 334. The minimum atomic E-state index is -0.721. The van der Waals surface area contributed by atoms with E-state index in [2.05, 4.69) is 0 Å². The van der Waals surface area contributed by atoms with Crippen molar-refractivity contribution in [2.75, 3.05) is 0 Å². The van der Waals surface area contributed by atoms with E-state index in [9.17, 15) is 19.8 Å². The standard InChI is InChI=1S/C17H32O4/c1-5-11-17(8-4,15(20)21)13-10-9-12-16(6-2,7-3)14(18)19/h5-13H2,1-4H3,(H,18,19)(H,20,21). The second-order valence-corrected chi connectivity index (χ2v) is 6.19. The molecule has 4 nitrogen and oxygen atoms in total. The van der Waals surface area contributed by atoms with E-state index < -0.39 is 22.8 Å². The molecule has 0 radical (unpaired) electrons. The Morgan fingerprint density at radius 1 is 0.714 bits per heavy atom. The Kier molecular flexibility index (Phi) is 8.60.